The van der Waals surface area contributed by atoms with Crippen LogP contribution < -0.4 is 0 Å². The van der Waals surface area contributed by atoms with Gasteiger partial charge < -0.3 is 14.2 Å². The Morgan fingerprint density at radius 1 is 0.296 bits per heavy atom. The molecule has 0 amide bonds. The molecule has 404 valence electrons. The van der Waals surface area contributed by atoms with E-state index >= 15 is 0 Å². The van der Waals surface area contributed by atoms with E-state index < -0.39 is 6.10 Å². The summed E-state index contributed by atoms with van der Waals surface area (Å²) < 4.78 is 16.8. The van der Waals surface area contributed by atoms with Crippen molar-refractivity contribution in [2.24, 2.45) is 0 Å². The molecule has 0 aliphatic carbocycles. The fraction of sp³-hybridized carbons (Fsp3) is 0.677. The highest BCUT2D eigenvalue weighted by Crippen LogP contribution is 2.14. The lowest BCUT2D eigenvalue weighted by Crippen LogP contribution is -2.30. The zero-order chi connectivity index (χ0) is 51.4. The van der Waals surface area contributed by atoms with Crippen LogP contribution in [0.3, 0.4) is 0 Å². The van der Waals surface area contributed by atoms with Gasteiger partial charge in [-0.05, 0) is 122 Å². The van der Waals surface area contributed by atoms with Gasteiger partial charge in [0.1, 0.15) is 13.2 Å². The lowest BCUT2D eigenvalue weighted by Gasteiger charge is -2.18. The minimum atomic E-state index is -0.801. The molecular formula is C65H108O6. The van der Waals surface area contributed by atoms with Crippen LogP contribution in [0.2, 0.25) is 0 Å². The van der Waals surface area contributed by atoms with Gasteiger partial charge in [0.2, 0.25) is 0 Å². The SMILES string of the molecule is CC/C=C\C/C=C\C/C=C\C/C=C\C/C=C\C/C=C\CCCCCCC(=O)OCC(COC(=O)CCCCCCC/C=C\C/C=C\CCCC)OC(=O)CCCCCCC/C=C\CCCCCCCCC. The Morgan fingerprint density at radius 3 is 0.915 bits per heavy atom. The van der Waals surface area contributed by atoms with Crippen molar-refractivity contribution in [3.05, 3.63) is 109 Å². The van der Waals surface area contributed by atoms with E-state index in [0.29, 0.717) is 19.3 Å². The van der Waals surface area contributed by atoms with Crippen LogP contribution in [0, 0.1) is 0 Å². The molecule has 1 unspecified atom stereocenters. The van der Waals surface area contributed by atoms with Crippen LogP contribution in [0.4, 0.5) is 0 Å². The molecule has 0 fully saturated rings. The van der Waals surface area contributed by atoms with Gasteiger partial charge in [0.05, 0.1) is 0 Å². The van der Waals surface area contributed by atoms with E-state index in [1.807, 2.05) is 0 Å². The standard InChI is InChI=1S/C65H108O6/c1-4-7-10-13-16-19-22-25-28-30-31-32-33-34-35-36-38-40-43-46-49-52-55-58-64(67)70-61-62(60-69-63(66)57-54-51-48-45-42-39-27-24-21-18-15-12-9-6-3)71-65(68)59-56-53-50-47-44-41-37-29-26-23-20-17-14-11-8-5-2/h7,10,15-16,18-19,24-25,27-29,31-32,34-35,37-38,40,62H,4-6,8-9,11-14,17,20-23,26,30,33,36,39,41-61H2,1-3H3/b10-7-,18-15-,19-16-,27-24-,28-25-,32-31-,35-34-,37-29-,40-38-. The number of carbonyl (C=O) groups excluding carboxylic acids is 3. The first-order valence-electron chi connectivity index (χ1n) is 29.4. The van der Waals surface area contributed by atoms with E-state index in [9.17, 15) is 14.4 Å². The average Bonchev–Trinajstić information content (AvgIpc) is 3.37. The average molecular weight is 986 g/mol. The van der Waals surface area contributed by atoms with E-state index in [-0.39, 0.29) is 31.1 Å². The highest BCUT2D eigenvalue weighted by atomic mass is 16.6. The van der Waals surface area contributed by atoms with E-state index in [2.05, 4.69) is 130 Å². The maximum Gasteiger partial charge on any atom is 0.306 e. The number of ether oxygens (including phenoxy) is 3. The van der Waals surface area contributed by atoms with Crippen molar-refractivity contribution in [3.63, 3.8) is 0 Å². The summed E-state index contributed by atoms with van der Waals surface area (Å²) in [5.74, 6) is -0.943. The maximum absolute atomic E-state index is 12.9. The highest BCUT2D eigenvalue weighted by Gasteiger charge is 2.19. The second-order valence-electron chi connectivity index (χ2n) is 19.2. The van der Waals surface area contributed by atoms with Crippen molar-refractivity contribution in [2.75, 3.05) is 13.2 Å². The molecule has 1 atom stereocenters. The summed E-state index contributed by atoms with van der Waals surface area (Å²) in [7, 11) is 0. The van der Waals surface area contributed by atoms with Crippen molar-refractivity contribution >= 4 is 17.9 Å². The molecule has 6 heteroatoms. The third-order valence-corrected chi connectivity index (χ3v) is 12.2. The molecule has 0 bridgehead atoms. The summed E-state index contributed by atoms with van der Waals surface area (Å²) in [5, 5.41) is 0. The van der Waals surface area contributed by atoms with Crippen LogP contribution in [0.25, 0.3) is 0 Å². The molecule has 0 N–H and O–H groups in total. The number of esters is 3. The number of rotatable bonds is 52. The van der Waals surface area contributed by atoms with Gasteiger partial charge in [-0.1, -0.05) is 233 Å². The quantitative estimate of drug-likeness (QED) is 0.0261. The Balaban J connectivity index is 4.45. The molecule has 71 heavy (non-hydrogen) atoms. The molecule has 0 rings (SSSR count). The lowest BCUT2D eigenvalue weighted by atomic mass is 10.1. The lowest BCUT2D eigenvalue weighted by molar-refractivity contribution is -0.167. The normalized spacial score (nSPS) is 12.9. The largest absolute Gasteiger partial charge is 0.462 e. The second kappa shape index (κ2) is 58.6. The summed E-state index contributed by atoms with van der Waals surface area (Å²) in [5.41, 5.74) is 0. The molecule has 0 saturated carbocycles. The summed E-state index contributed by atoms with van der Waals surface area (Å²) in [6.07, 6.45) is 79.3. The minimum absolute atomic E-state index is 0.0982. The van der Waals surface area contributed by atoms with E-state index in [0.717, 1.165) is 148 Å². The van der Waals surface area contributed by atoms with Crippen LogP contribution in [-0.2, 0) is 28.6 Å². The van der Waals surface area contributed by atoms with Crippen LogP contribution in [-0.4, -0.2) is 37.2 Å². The highest BCUT2D eigenvalue weighted by molar-refractivity contribution is 5.71. The zero-order valence-corrected chi connectivity index (χ0v) is 46.2. The molecule has 0 spiro atoms. The Labute approximate surface area is 438 Å². The number of carbonyl (C=O) groups is 3. The summed E-state index contributed by atoms with van der Waals surface area (Å²) in [4.78, 5) is 38.2. The third-order valence-electron chi connectivity index (χ3n) is 12.2. The van der Waals surface area contributed by atoms with Crippen molar-refractivity contribution in [1.82, 2.24) is 0 Å². The smallest absolute Gasteiger partial charge is 0.306 e. The third kappa shape index (κ3) is 56.9. The fourth-order valence-corrected chi connectivity index (χ4v) is 7.81. The van der Waals surface area contributed by atoms with Crippen molar-refractivity contribution < 1.29 is 28.6 Å². The van der Waals surface area contributed by atoms with Gasteiger partial charge in [-0.3, -0.25) is 14.4 Å². The molecule has 0 aromatic carbocycles. The molecular weight excluding hydrogens is 877 g/mol. The number of unbranched alkanes of at least 4 members (excludes halogenated alkanes) is 23. The molecule has 0 heterocycles. The Hall–Kier alpha value is -3.93. The topological polar surface area (TPSA) is 78.9 Å². The van der Waals surface area contributed by atoms with Crippen LogP contribution in [0.1, 0.15) is 265 Å². The Morgan fingerprint density at radius 2 is 0.563 bits per heavy atom. The monoisotopic (exact) mass is 985 g/mol. The summed E-state index contributed by atoms with van der Waals surface area (Å²) >= 11 is 0. The number of hydrogen-bond donors (Lipinski definition) is 0. The van der Waals surface area contributed by atoms with Crippen LogP contribution >= 0.6 is 0 Å². The van der Waals surface area contributed by atoms with Crippen LogP contribution in [0.5, 0.6) is 0 Å². The second-order valence-corrected chi connectivity index (χ2v) is 19.2. The summed E-state index contributed by atoms with van der Waals surface area (Å²) in [6, 6.07) is 0. The first-order valence-corrected chi connectivity index (χ1v) is 29.4. The minimum Gasteiger partial charge on any atom is -0.462 e. The van der Waals surface area contributed by atoms with Gasteiger partial charge >= 0.3 is 17.9 Å². The number of hydrogen-bond acceptors (Lipinski definition) is 6. The first kappa shape index (κ1) is 67.1. The predicted octanol–water partition coefficient (Wildman–Crippen LogP) is 19.9. The van der Waals surface area contributed by atoms with Crippen molar-refractivity contribution in [3.8, 4) is 0 Å². The van der Waals surface area contributed by atoms with E-state index in [1.54, 1.807) is 0 Å². The van der Waals surface area contributed by atoms with Gasteiger partial charge in [-0.25, -0.2) is 0 Å². The number of allylic oxidation sites excluding steroid dienone is 18. The van der Waals surface area contributed by atoms with Gasteiger partial charge in [0.15, 0.2) is 6.10 Å². The molecule has 0 aromatic rings. The van der Waals surface area contributed by atoms with Crippen molar-refractivity contribution in [2.45, 2.75) is 271 Å². The fourth-order valence-electron chi connectivity index (χ4n) is 7.81. The zero-order valence-electron chi connectivity index (χ0n) is 46.2. The predicted molar refractivity (Wildman–Crippen MR) is 307 cm³/mol. The Kier molecular flexibility index (Phi) is 55.4. The van der Waals surface area contributed by atoms with E-state index in [1.165, 1.54) is 77.0 Å². The molecule has 0 aliphatic heterocycles. The Bertz CT molecular complexity index is 1460. The maximum atomic E-state index is 12.9. The van der Waals surface area contributed by atoms with Gasteiger partial charge in [0, 0.05) is 19.3 Å². The van der Waals surface area contributed by atoms with Gasteiger partial charge in [-0.2, -0.15) is 0 Å². The first-order chi connectivity index (χ1) is 35.0. The van der Waals surface area contributed by atoms with Gasteiger partial charge in [0.25, 0.3) is 0 Å². The van der Waals surface area contributed by atoms with Gasteiger partial charge in [-0.15, -0.1) is 0 Å². The van der Waals surface area contributed by atoms with E-state index in [4.69, 9.17) is 14.2 Å². The molecule has 6 nitrogen and oxygen atoms in total. The van der Waals surface area contributed by atoms with Crippen LogP contribution in [0.15, 0.2) is 109 Å². The summed E-state index contributed by atoms with van der Waals surface area (Å²) in [6.45, 7) is 6.45. The molecule has 0 aromatic heterocycles. The molecule has 0 saturated heterocycles. The molecule has 0 aliphatic rings. The van der Waals surface area contributed by atoms with Crippen molar-refractivity contribution in [1.29, 1.82) is 0 Å². The molecule has 0 radical (unpaired) electrons.